The van der Waals surface area contributed by atoms with E-state index in [1.807, 2.05) is 25.1 Å². The number of rotatable bonds is 2. The number of esters is 1. The van der Waals surface area contributed by atoms with E-state index in [1.54, 1.807) is 12.1 Å². The highest BCUT2D eigenvalue weighted by atomic mass is 35.5. The maximum atomic E-state index is 12.6. The Labute approximate surface area is 153 Å². The zero-order valence-electron chi connectivity index (χ0n) is 11.8. The van der Waals surface area contributed by atoms with Gasteiger partial charge in [0.2, 0.25) is 5.60 Å². The molecule has 0 N–H and O–H groups in total. The van der Waals surface area contributed by atoms with Crippen LogP contribution in [0, 0.1) is 0 Å². The highest BCUT2D eigenvalue weighted by Crippen LogP contribution is 2.54. The monoisotopic (exact) mass is 390 g/mol. The second kappa shape index (κ2) is 6.06. The molecule has 120 valence electrons. The molecule has 0 bridgehead atoms. The molecule has 23 heavy (non-hydrogen) atoms. The quantitative estimate of drug-likeness (QED) is 0.276. The fraction of sp³-hybridized carbons (Fsp3) is 0.188. The van der Waals surface area contributed by atoms with Gasteiger partial charge in [-0.1, -0.05) is 83.7 Å². The van der Waals surface area contributed by atoms with Gasteiger partial charge in [-0.2, -0.15) is 0 Å². The molecule has 0 spiro atoms. The Kier molecular flexibility index (Phi) is 4.41. The molecule has 0 saturated carbocycles. The van der Waals surface area contributed by atoms with Gasteiger partial charge in [0.1, 0.15) is 10.0 Å². The molecule has 7 heteroatoms. The fourth-order valence-electron chi connectivity index (χ4n) is 2.47. The number of ether oxygens (including phenoxy) is 2. The molecule has 0 aliphatic carbocycles. The third-order valence-corrected chi connectivity index (χ3v) is 5.49. The number of carbonyl (C=O) groups is 1. The maximum absolute atomic E-state index is 12.6. The fourth-order valence-corrected chi connectivity index (χ4v) is 3.36. The van der Waals surface area contributed by atoms with E-state index in [0.29, 0.717) is 12.0 Å². The second-order valence-corrected chi connectivity index (χ2v) is 6.46. The Hall–Kier alpha value is -1.13. The van der Waals surface area contributed by atoms with Gasteiger partial charge in [-0.05, 0) is 6.42 Å². The number of benzene rings is 2. The van der Waals surface area contributed by atoms with Crippen molar-refractivity contribution < 1.29 is 14.3 Å². The summed E-state index contributed by atoms with van der Waals surface area (Å²) in [6.45, 7) is 1.81. The van der Waals surface area contributed by atoms with E-state index < -0.39 is 11.6 Å². The standard InChI is InChI=1S/C16H10Cl4O3/c1-2-16(8-6-4-3-5-7-8)15(21)22-13-11(19)9(17)10(18)12(20)14(13)23-16/h3-7H,2H2,1H3/t16-/m0/s1. The third kappa shape index (κ3) is 2.47. The summed E-state index contributed by atoms with van der Waals surface area (Å²) in [4.78, 5) is 12.6. The lowest BCUT2D eigenvalue weighted by Crippen LogP contribution is -2.46. The van der Waals surface area contributed by atoms with Crippen LogP contribution in [0.2, 0.25) is 20.1 Å². The van der Waals surface area contributed by atoms with Gasteiger partial charge in [-0.25, -0.2) is 4.79 Å². The van der Waals surface area contributed by atoms with Crippen molar-refractivity contribution in [3.8, 4) is 11.5 Å². The zero-order valence-corrected chi connectivity index (χ0v) is 14.9. The molecule has 1 heterocycles. The Morgan fingerprint density at radius 2 is 1.48 bits per heavy atom. The molecule has 1 aliphatic rings. The van der Waals surface area contributed by atoms with E-state index in [1.165, 1.54) is 0 Å². The second-order valence-electron chi connectivity index (χ2n) is 4.95. The smallest absolute Gasteiger partial charge is 0.360 e. The van der Waals surface area contributed by atoms with Crippen LogP contribution in [0.3, 0.4) is 0 Å². The number of hydrogen-bond donors (Lipinski definition) is 0. The first-order chi connectivity index (χ1) is 10.9. The van der Waals surface area contributed by atoms with E-state index >= 15 is 0 Å². The minimum Gasteiger partial charge on any atom is -0.465 e. The molecule has 0 fully saturated rings. The van der Waals surface area contributed by atoms with Crippen molar-refractivity contribution >= 4 is 52.4 Å². The summed E-state index contributed by atoms with van der Waals surface area (Å²) >= 11 is 24.4. The van der Waals surface area contributed by atoms with E-state index in [2.05, 4.69) is 0 Å². The van der Waals surface area contributed by atoms with Gasteiger partial charge in [-0.15, -0.1) is 0 Å². The van der Waals surface area contributed by atoms with E-state index in [4.69, 9.17) is 55.9 Å². The minimum atomic E-state index is -1.32. The number of carbonyl (C=O) groups excluding carboxylic acids is 1. The average Bonchev–Trinajstić information content (AvgIpc) is 2.58. The topological polar surface area (TPSA) is 35.5 Å². The molecule has 0 radical (unpaired) electrons. The maximum Gasteiger partial charge on any atom is 0.360 e. The predicted octanol–water partition coefficient (Wildman–Crippen LogP) is 5.90. The van der Waals surface area contributed by atoms with Crippen molar-refractivity contribution in [3.63, 3.8) is 0 Å². The van der Waals surface area contributed by atoms with Gasteiger partial charge in [0.15, 0.2) is 11.5 Å². The summed E-state index contributed by atoms with van der Waals surface area (Å²) in [6, 6.07) is 9.02. The molecule has 1 aliphatic heterocycles. The van der Waals surface area contributed by atoms with Crippen molar-refractivity contribution in [2.45, 2.75) is 18.9 Å². The van der Waals surface area contributed by atoms with Gasteiger partial charge >= 0.3 is 5.97 Å². The molecule has 2 aromatic rings. The largest absolute Gasteiger partial charge is 0.465 e. The minimum absolute atomic E-state index is 0.0113. The molecule has 0 unspecified atom stereocenters. The van der Waals surface area contributed by atoms with E-state index in [-0.39, 0.29) is 31.6 Å². The van der Waals surface area contributed by atoms with E-state index in [0.717, 1.165) is 0 Å². The molecular formula is C16H10Cl4O3. The molecule has 0 saturated heterocycles. The predicted molar refractivity (Wildman–Crippen MR) is 91.2 cm³/mol. The van der Waals surface area contributed by atoms with Crippen LogP contribution in [-0.4, -0.2) is 5.97 Å². The normalized spacial score (nSPS) is 19.8. The van der Waals surface area contributed by atoms with Crippen molar-refractivity contribution in [2.75, 3.05) is 0 Å². The highest BCUT2D eigenvalue weighted by Gasteiger charge is 2.49. The first kappa shape index (κ1) is 16.7. The lowest BCUT2D eigenvalue weighted by atomic mass is 9.90. The Bertz CT molecular complexity index is 792. The van der Waals surface area contributed by atoms with Crippen molar-refractivity contribution in [1.29, 1.82) is 0 Å². The lowest BCUT2D eigenvalue weighted by Gasteiger charge is -2.36. The summed E-state index contributed by atoms with van der Waals surface area (Å²) < 4.78 is 11.4. The van der Waals surface area contributed by atoms with Gasteiger partial charge < -0.3 is 9.47 Å². The zero-order chi connectivity index (χ0) is 16.8. The summed E-state index contributed by atoms with van der Waals surface area (Å²) in [5, 5.41) is 0.102. The van der Waals surface area contributed by atoms with Crippen molar-refractivity contribution in [3.05, 3.63) is 56.0 Å². The van der Waals surface area contributed by atoms with Crippen LogP contribution in [0.5, 0.6) is 11.5 Å². The Balaban J connectivity index is 2.23. The SMILES string of the molecule is CC[C@@]1(c2ccccc2)Oc2c(Cl)c(Cl)c(Cl)c(Cl)c2OC1=O. The number of fused-ring (bicyclic) bond motifs is 1. The highest BCUT2D eigenvalue weighted by molar-refractivity contribution is 6.53. The molecule has 2 aromatic carbocycles. The lowest BCUT2D eigenvalue weighted by molar-refractivity contribution is -0.158. The molecule has 0 amide bonds. The summed E-state index contributed by atoms with van der Waals surface area (Å²) in [5.41, 5.74) is -0.672. The van der Waals surface area contributed by atoms with Crippen LogP contribution in [-0.2, 0) is 10.4 Å². The third-order valence-electron chi connectivity index (χ3n) is 3.72. The van der Waals surface area contributed by atoms with Crippen molar-refractivity contribution in [1.82, 2.24) is 0 Å². The van der Waals surface area contributed by atoms with Crippen LogP contribution < -0.4 is 9.47 Å². The van der Waals surface area contributed by atoms with Crippen LogP contribution >= 0.6 is 46.4 Å². The van der Waals surface area contributed by atoms with Gasteiger partial charge in [0.25, 0.3) is 0 Å². The molecule has 0 aromatic heterocycles. The summed E-state index contributed by atoms with van der Waals surface area (Å²) in [6.07, 6.45) is 0.337. The average molecular weight is 392 g/mol. The molecule has 1 atom stereocenters. The van der Waals surface area contributed by atoms with Crippen molar-refractivity contribution in [2.24, 2.45) is 0 Å². The summed E-state index contributed by atoms with van der Waals surface area (Å²) in [7, 11) is 0. The molecular weight excluding hydrogens is 382 g/mol. The van der Waals surface area contributed by atoms with Crippen LogP contribution in [0.15, 0.2) is 30.3 Å². The van der Waals surface area contributed by atoms with Crippen LogP contribution in [0.4, 0.5) is 0 Å². The molecule has 3 rings (SSSR count). The van der Waals surface area contributed by atoms with Crippen LogP contribution in [0.25, 0.3) is 0 Å². The number of hydrogen-bond acceptors (Lipinski definition) is 3. The Morgan fingerprint density at radius 3 is 2.04 bits per heavy atom. The molecule has 3 nitrogen and oxygen atoms in total. The first-order valence-electron chi connectivity index (χ1n) is 6.75. The number of halogens is 4. The Morgan fingerprint density at radius 1 is 0.913 bits per heavy atom. The first-order valence-corrected chi connectivity index (χ1v) is 8.26. The van der Waals surface area contributed by atoms with Gasteiger partial charge in [0, 0.05) is 5.56 Å². The van der Waals surface area contributed by atoms with Gasteiger partial charge in [0.05, 0.1) is 10.0 Å². The van der Waals surface area contributed by atoms with E-state index in [9.17, 15) is 4.79 Å². The van der Waals surface area contributed by atoms with Gasteiger partial charge in [-0.3, -0.25) is 0 Å². The van der Waals surface area contributed by atoms with Crippen LogP contribution in [0.1, 0.15) is 18.9 Å². The summed E-state index contributed by atoms with van der Waals surface area (Å²) in [5.74, 6) is -0.498.